The molecular weight excluding hydrogens is 630 g/mol. The molecule has 2 aromatic heterocycles. The Hall–Kier alpha value is -3.80. The Kier molecular flexibility index (Phi) is 10.0. The van der Waals surface area contributed by atoms with Gasteiger partial charge in [-0.3, -0.25) is 14.7 Å². The Labute approximate surface area is 277 Å². The van der Waals surface area contributed by atoms with Crippen molar-refractivity contribution in [2.75, 3.05) is 38.7 Å². The number of aliphatic hydroxyl groups is 1. The first kappa shape index (κ1) is 32.2. The molecule has 9 nitrogen and oxygen atoms in total. The fourth-order valence-electron chi connectivity index (χ4n) is 5.89. The quantitative estimate of drug-likeness (QED) is 0.150. The topological polar surface area (TPSA) is 112 Å². The van der Waals surface area contributed by atoms with E-state index in [1.54, 1.807) is 43.6 Å². The monoisotopic (exact) mass is 664 g/mol. The minimum absolute atomic E-state index is 0.0867. The normalized spacial score (nSPS) is 16.7. The van der Waals surface area contributed by atoms with Crippen LogP contribution in [0, 0.1) is 11.7 Å². The molecule has 0 radical (unpaired) electrons. The number of nitrogens with zero attached hydrogens (tertiary/aromatic N) is 3. The van der Waals surface area contributed by atoms with Crippen LogP contribution in [0.1, 0.15) is 24.0 Å². The number of pyridine rings is 2. The molecule has 2 aromatic carbocycles. The van der Waals surface area contributed by atoms with Gasteiger partial charge in [0.05, 0.1) is 39.9 Å². The van der Waals surface area contributed by atoms with Crippen LogP contribution in [0.3, 0.4) is 0 Å². The van der Waals surface area contributed by atoms with Crippen molar-refractivity contribution in [3.63, 3.8) is 0 Å². The average Bonchev–Trinajstić information content (AvgIpc) is 3.46. The number of amides is 1. The molecule has 2 saturated heterocycles. The van der Waals surface area contributed by atoms with Crippen LogP contribution in [0.2, 0.25) is 10.0 Å². The maximum absolute atomic E-state index is 15.5. The third kappa shape index (κ3) is 6.96. The standard InChI is InChI=1S/C34H35Cl2FN6O3/c1-46-34-21(14-38-15-23-9-11-29(45)40-23)8-10-26(42-34)24-12-13-39-33(31(24)36)25-5-3-6-27(30(25)35)41-28-7-2-4-22(32(28)37)18-43-16-20(17-43)19-44/h2-8,10,12-13,20,23,38,41,44H,9,11,14-19H2,1H3,(H,40,45)/t23-/m1/s1. The predicted octanol–water partition coefficient (Wildman–Crippen LogP) is 5.80. The van der Waals surface area contributed by atoms with Crippen LogP contribution in [0.15, 0.2) is 60.8 Å². The number of aromatic nitrogens is 2. The van der Waals surface area contributed by atoms with E-state index in [4.69, 9.17) is 32.9 Å². The van der Waals surface area contributed by atoms with Crippen LogP contribution in [-0.4, -0.2) is 65.3 Å². The average molecular weight is 666 g/mol. The molecule has 2 fully saturated rings. The molecule has 2 aliphatic rings. The summed E-state index contributed by atoms with van der Waals surface area (Å²) in [6.07, 6.45) is 3.03. The number of nitrogens with one attached hydrogen (secondary N) is 3. The lowest BCUT2D eigenvalue weighted by molar-refractivity contribution is -0.119. The zero-order chi connectivity index (χ0) is 32.2. The molecule has 12 heteroatoms. The summed E-state index contributed by atoms with van der Waals surface area (Å²) in [6.45, 7) is 3.30. The molecule has 240 valence electrons. The van der Waals surface area contributed by atoms with E-state index in [0.717, 1.165) is 25.1 Å². The van der Waals surface area contributed by atoms with Gasteiger partial charge in [0.15, 0.2) is 5.82 Å². The van der Waals surface area contributed by atoms with Crippen LogP contribution in [0.25, 0.3) is 22.5 Å². The molecule has 0 unspecified atom stereocenters. The van der Waals surface area contributed by atoms with E-state index in [0.29, 0.717) is 81.4 Å². The summed E-state index contributed by atoms with van der Waals surface area (Å²) >= 11 is 13.8. The molecule has 4 N–H and O–H groups in total. The first-order valence-electron chi connectivity index (χ1n) is 15.2. The highest BCUT2D eigenvalue weighted by Crippen LogP contribution is 2.41. The van der Waals surface area contributed by atoms with Gasteiger partial charge in [-0.2, -0.15) is 0 Å². The van der Waals surface area contributed by atoms with Gasteiger partial charge in [0, 0.05) is 86.2 Å². The lowest BCUT2D eigenvalue weighted by Gasteiger charge is -2.38. The molecule has 1 amide bonds. The minimum Gasteiger partial charge on any atom is -0.481 e. The first-order valence-corrected chi connectivity index (χ1v) is 16.0. The summed E-state index contributed by atoms with van der Waals surface area (Å²) in [5.74, 6) is 0.455. The van der Waals surface area contributed by atoms with E-state index in [1.165, 1.54) is 0 Å². The largest absolute Gasteiger partial charge is 0.481 e. The maximum Gasteiger partial charge on any atom is 0.220 e. The number of halogens is 3. The zero-order valence-corrected chi connectivity index (χ0v) is 26.8. The number of hydrogen-bond donors (Lipinski definition) is 4. The number of benzene rings is 2. The van der Waals surface area contributed by atoms with Crippen LogP contribution < -0.4 is 20.7 Å². The SMILES string of the molecule is COc1nc(-c2ccnc(-c3cccc(Nc4cccc(CN5CC(CO)C5)c4F)c3Cl)c2Cl)ccc1CNC[C@H]1CCC(=O)N1. The summed E-state index contributed by atoms with van der Waals surface area (Å²) in [6, 6.07) is 16.4. The molecule has 2 aliphatic heterocycles. The Bertz CT molecular complexity index is 1740. The van der Waals surface area contributed by atoms with Crippen LogP contribution >= 0.6 is 23.2 Å². The van der Waals surface area contributed by atoms with Crippen molar-refractivity contribution in [1.82, 2.24) is 25.5 Å². The van der Waals surface area contributed by atoms with Gasteiger partial charge in [-0.05, 0) is 30.7 Å². The predicted molar refractivity (Wildman–Crippen MR) is 178 cm³/mol. The van der Waals surface area contributed by atoms with Gasteiger partial charge in [0.1, 0.15) is 0 Å². The number of ether oxygens (including phenoxy) is 1. The molecule has 0 bridgehead atoms. The summed E-state index contributed by atoms with van der Waals surface area (Å²) in [5.41, 5.74) is 4.56. The fraction of sp³-hybridized carbons (Fsp3) is 0.324. The van der Waals surface area contributed by atoms with E-state index in [-0.39, 0.29) is 30.3 Å². The third-order valence-electron chi connectivity index (χ3n) is 8.38. The number of aliphatic hydroxyl groups excluding tert-OH is 1. The lowest BCUT2D eigenvalue weighted by Crippen LogP contribution is -2.47. The molecule has 1 atom stereocenters. The Morgan fingerprint density at radius 2 is 1.85 bits per heavy atom. The van der Waals surface area contributed by atoms with E-state index in [2.05, 4.69) is 25.8 Å². The second-order valence-corrected chi connectivity index (χ2v) is 12.4. The third-order valence-corrected chi connectivity index (χ3v) is 9.17. The number of likely N-dealkylation sites (tertiary alicyclic amines) is 1. The first-order chi connectivity index (χ1) is 22.3. The summed E-state index contributed by atoms with van der Waals surface area (Å²) in [5, 5.41) is 19.5. The van der Waals surface area contributed by atoms with Crippen molar-refractivity contribution in [2.45, 2.75) is 32.0 Å². The maximum atomic E-state index is 15.5. The van der Waals surface area contributed by atoms with Gasteiger partial charge in [0.2, 0.25) is 11.8 Å². The summed E-state index contributed by atoms with van der Waals surface area (Å²) in [4.78, 5) is 22.8. The van der Waals surface area contributed by atoms with Crippen molar-refractivity contribution in [3.05, 3.63) is 87.8 Å². The Morgan fingerprint density at radius 3 is 2.61 bits per heavy atom. The van der Waals surface area contributed by atoms with E-state index >= 15 is 4.39 Å². The van der Waals surface area contributed by atoms with Gasteiger partial charge in [-0.15, -0.1) is 0 Å². The van der Waals surface area contributed by atoms with Crippen molar-refractivity contribution in [3.8, 4) is 28.4 Å². The molecular formula is C34H35Cl2FN6O3. The molecule has 0 aliphatic carbocycles. The molecule has 6 rings (SSSR count). The van der Waals surface area contributed by atoms with Gasteiger partial charge < -0.3 is 25.8 Å². The van der Waals surface area contributed by atoms with Crippen LogP contribution in [0.5, 0.6) is 5.88 Å². The van der Waals surface area contributed by atoms with Gasteiger partial charge in [-0.1, -0.05) is 53.5 Å². The molecule has 46 heavy (non-hydrogen) atoms. The fourth-order valence-corrected chi connectivity index (χ4v) is 6.46. The highest BCUT2D eigenvalue weighted by Gasteiger charge is 2.27. The number of rotatable bonds is 12. The van der Waals surface area contributed by atoms with E-state index in [9.17, 15) is 9.90 Å². The number of carbonyl (C=O) groups is 1. The van der Waals surface area contributed by atoms with Crippen LogP contribution in [0.4, 0.5) is 15.8 Å². The number of carbonyl (C=O) groups excluding carboxylic acids is 1. The van der Waals surface area contributed by atoms with Gasteiger partial charge in [-0.25, -0.2) is 9.37 Å². The van der Waals surface area contributed by atoms with Crippen molar-refractivity contribution in [1.29, 1.82) is 0 Å². The minimum atomic E-state index is -0.349. The summed E-state index contributed by atoms with van der Waals surface area (Å²) in [7, 11) is 1.57. The van der Waals surface area contributed by atoms with Gasteiger partial charge in [0.25, 0.3) is 0 Å². The van der Waals surface area contributed by atoms with Crippen molar-refractivity contribution >= 4 is 40.5 Å². The molecule has 4 aromatic rings. The van der Waals surface area contributed by atoms with Crippen molar-refractivity contribution in [2.24, 2.45) is 5.92 Å². The van der Waals surface area contributed by atoms with E-state index < -0.39 is 0 Å². The van der Waals surface area contributed by atoms with E-state index in [1.807, 2.05) is 24.3 Å². The smallest absolute Gasteiger partial charge is 0.220 e. The highest BCUT2D eigenvalue weighted by atomic mass is 35.5. The second-order valence-electron chi connectivity index (χ2n) is 11.6. The van der Waals surface area contributed by atoms with Gasteiger partial charge >= 0.3 is 0 Å². The highest BCUT2D eigenvalue weighted by molar-refractivity contribution is 6.39. The number of anilines is 2. The van der Waals surface area contributed by atoms with Crippen LogP contribution in [-0.2, 0) is 17.9 Å². The lowest BCUT2D eigenvalue weighted by atomic mass is 10.00. The summed E-state index contributed by atoms with van der Waals surface area (Å²) < 4.78 is 21.1. The second kappa shape index (κ2) is 14.3. The molecule has 0 spiro atoms. The Balaban J connectivity index is 1.20. The number of hydrogen-bond acceptors (Lipinski definition) is 8. The molecule has 4 heterocycles. The zero-order valence-electron chi connectivity index (χ0n) is 25.3. The number of methoxy groups -OCH3 is 1. The Morgan fingerprint density at radius 1 is 1.04 bits per heavy atom. The van der Waals surface area contributed by atoms with Crippen molar-refractivity contribution < 1.29 is 19.0 Å². The molecule has 0 saturated carbocycles.